The molecule has 3 rings (SSSR count). The Labute approximate surface area is 180 Å². The van der Waals surface area contributed by atoms with Crippen LogP contribution in [0.15, 0.2) is 30.3 Å². The Bertz CT molecular complexity index is 993. The first-order chi connectivity index (χ1) is 15.1. The molecule has 0 amide bonds. The van der Waals surface area contributed by atoms with Gasteiger partial charge in [-0.1, -0.05) is 50.1 Å². The number of unbranched alkanes of at least 4 members (excludes halogenated alkanes) is 2. The number of nitrogens with zero attached hydrogens (tertiary/aromatic N) is 4. The van der Waals surface area contributed by atoms with Crippen molar-refractivity contribution in [3.63, 3.8) is 0 Å². The maximum absolute atomic E-state index is 12.2. The Hall–Kier alpha value is -3.40. The number of hydrogen-bond acceptors (Lipinski definition) is 9. The number of nitrogens with two attached hydrogens (primary N) is 1. The predicted molar refractivity (Wildman–Crippen MR) is 114 cm³/mol. The molecule has 0 saturated heterocycles. The van der Waals surface area contributed by atoms with Crippen molar-refractivity contribution >= 4 is 23.1 Å². The number of rotatable bonds is 11. The second-order valence-corrected chi connectivity index (χ2v) is 6.78. The van der Waals surface area contributed by atoms with E-state index >= 15 is 0 Å². The van der Waals surface area contributed by atoms with Crippen LogP contribution in [0.5, 0.6) is 12.0 Å². The predicted octanol–water partition coefficient (Wildman–Crippen LogP) is 3.19. The first-order valence-electron chi connectivity index (χ1n) is 10.2. The van der Waals surface area contributed by atoms with E-state index in [0.29, 0.717) is 24.3 Å². The Balaban J connectivity index is 1.90. The number of carbonyl (C=O) groups excluding carboxylic acids is 1. The topological polar surface area (TPSA) is 124 Å². The fraction of sp³-hybridized carbons (Fsp3) is 0.429. The monoisotopic (exact) mass is 429 g/mol. The molecule has 10 heteroatoms. The molecule has 31 heavy (non-hydrogen) atoms. The Morgan fingerprint density at radius 3 is 2.61 bits per heavy atom. The standard InChI is InChI=1S/C21H27N5O5/c1-3-4-8-11-30-21(27)31-20-23-16-17(22)24-19(29-13-12-28-2)25-18(16)26(20)14-15-9-6-5-7-10-15/h5-7,9-10H,3-4,8,11-14H2,1-2H3,(H2,22,24,25). The Morgan fingerprint density at radius 1 is 1.06 bits per heavy atom. The first kappa shape index (κ1) is 22.3. The zero-order valence-electron chi connectivity index (χ0n) is 17.7. The molecule has 0 aliphatic heterocycles. The number of ether oxygens (including phenoxy) is 4. The number of aromatic nitrogens is 4. The number of fused-ring (bicyclic) bond motifs is 1. The van der Waals surface area contributed by atoms with E-state index in [9.17, 15) is 4.79 Å². The molecule has 0 bridgehead atoms. The zero-order valence-corrected chi connectivity index (χ0v) is 17.7. The maximum atomic E-state index is 12.2. The van der Waals surface area contributed by atoms with Gasteiger partial charge in [0.05, 0.1) is 19.8 Å². The van der Waals surface area contributed by atoms with E-state index in [1.807, 2.05) is 30.3 Å². The van der Waals surface area contributed by atoms with Gasteiger partial charge in [0, 0.05) is 7.11 Å². The summed E-state index contributed by atoms with van der Waals surface area (Å²) in [6.45, 7) is 3.35. The van der Waals surface area contributed by atoms with E-state index in [4.69, 9.17) is 24.7 Å². The highest BCUT2D eigenvalue weighted by Crippen LogP contribution is 2.27. The third-order valence-corrected chi connectivity index (χ3v) is 4.41. The van der Waals surface area contributed by atoms with Gasteiger partial charge in [-0.05, 0) is 12.0 Å². The minimum atomic E-state index is -0.830. The smallest absolute Gasteiger partial charge is 0.461 e. The van der Waals surface area contributed by atoms with E-state index in [0.717, 1.165) is 24.8 Å². The van der Waals surface area contributed by atoms with Gasteiger partial charge >= 0.3 is 18.2 Å². The number of imidazole rings is 1. The highest BCUT2D eigenvalue weighted by atomic mass is 16.7. The van der Waals surface area contributed by atoms with Crippen LogP contribution in [0.2, 0.25) is 0 Å². The maximum Gasteiger partial charge on any atom is 0.516 e. The van der Waals surface area contributed by atoms with Crippen LogP contribution in [0, 0.1) is 0 Å². The molecule has 1 aromatic carbocycles. The van der Waals surface area contributed by atoms with Crippen LogP contribution < -0.4 is 15.2 Å². The van der Waals surface area contributed by atoms with Crippen LogP contribution in [-0.4, -0.2) is 52.6 Å². The molecule has 0 atom stereocenters. The fourth-order valence-corrected chi connectivity index (χ4v) is 2.86. The molecule has 0 saturated carbocycles. The molecule has 2 heterocycles. The number of nitrogen functional groups attached to an aromatic ring is 1. The minimum absolute atomic E-state index is 0.0226. The molecule has 0 unspecified atom stereocenters. The summed E-state index contributed by atoms with van der Waals surface area (Å²) in [6, 6.07) is 9.75. The van der Waals surface area contributed by atoms with E-state index in [2.05, 4.69) is 21.9 Å². The van der Waals surface area contributed by atoms with Gasteiger partial charge in [-0.2, -0.15) is 15.0 Å². The summed E-state index contributed by atoms with van der Waals surface area (Å²) >= 11 is 0. The molecule has 10 nitrogen and oxygen atoms in total. The van der Waals surface area contributed by atoms with Crippen LogP contribution in [-0.2, 0) is 16.0 Å². The highest BCUT2D eigenvalue weighted by molar-refractivity contribution is 5.83. The summed E-state index contributed by atoms with van der Waals surface area (Å²) in [7, 11) is 1.57. The van der Waals surface area contributed by atoms with Gasteiger partial charge in [-0.3, -0.25) is 4.57 Å². The molecule has 0 fully saturated rings. The van der Waals surface area contributed by atoms with Crippen molar-refractivity contribution in [3.05, 3.63) is 35.9 Å². The van der Waals surface area contributed by atoms with Crippen molar-refractivity contribution < 1.29 is 23.7 Å². The molecular formula is C21H27N5O5. The number of methoxy groups -OCH3 is 1. The summed E-state index contributed by atoms with van der Waals surface area (Å²) in [4.78, 5) is 25.1. The summed E-state index contributed by atoms with van der Waals surface area (Å²) in [5.74, 6) is 0.116. The largest absolute Gasteiger partial charge is 0.516 e. The molecule has 166 valence electrons. The van der Waals surface area contributed by atoms with Crippen LogP contribution in [0.1, 0.15) is 31.7 Å². The number of anilines is 1. The van der Waals surface area contributed by atoms with Crippen LogP contribution in [0.3, 0.4) is 0 Å². The SMILES string of the molecule is CCCCCOC(=O)Oc1nc2c(N)nc(OCCOC)nc2n1Cc1ccccc1. The zero-order chi connectivity index (χ0) is 22.1. The summed E-state index contributed by atoms with van der Waals surface area (Å²) in [6.07, 6.45) is 1.94. The van der Waals surface area contributed by atoms with E-state index < -0.39 is 6.16 Å². The van der Waals surface area contributed by atoms with Crippen molar-refractivity contribution in [2.75, 3.05) is 32.7 Å². The minimum Gasteiger partial charge on any atom is -0.461 e. The van der Waals surface area contributed by atoms with Crippen molar-refractivity contribution in [1.82, 2.24) is 19.5 Å². The van der Waals surface area contributed by atoms with Gasteiger partial charge in [0.1, 0.15) is 6.61 Å². The second kappa shape index (κ2) is 11.1. The van der Waals surface area contributed by atoms with Crippen molar-refractivity contribution in [2.24, 2.45) is 0 Å². The lowest BCUT2D eigenvalue weighted by molar-refractivity contribution is 0.0930. The average Bonchev–Trinajstić information content (AvgIpc) is 3.10. The van der Waals surface area contributed by atoms with Gasteiger partial charge < -0.3 is 24.7 Å². The molecule has 2 aromatic heterocycles. The molecule has 0 spiro atoms. The van der Waals surface area contributed by atoms with E-state index in [-0.39, 0.29) is 31.1 Å². The van der Waals surface area contributed by atoms with Gasteiger partial charge in [-0.25, -0.2) is 4.79 Å². The summed E-state index contributed by atoms with van der Waals surface area (Å²) < 4.78 is 22.7. The molecule has 0 aliphatic carbocycles. The fourth-order valence-electron chi connectivity index (χ4n) is 2.86. The average molecular weight is 429 g/mol. The molecule has 0 aliphatic rings. The number of carbonyl (C=O) groups is 1. The lowest BCUT2D eigenvalue weighted by Crippen LogP contribution is -2.15. The third-order valence-electron chi connectivity index (χ3n) is 4.41. The van der Waals surface area contributed by atoms with Crippen molar-refractivity contribution in [1.29, 1.82) is 0 Å². The van der Waals surface area contributed by atoms with Gasteiger partial charge in [-0.15, -0.1) is 0 Å². The van der Waals surface area contributed by atoms with E-state index in [1.165, 1.54) is 0 Å². The lowest BCUT2D eigenvalue weighted by atomic mass is 10.2. The van der Waals surface area contributed by atoms with Gasteiger partial charge in [0.15, 0.2) is 17.0 Å². The summed E-state index contributed by atoms with van der Waals surface area (Å²) in [5.41, 5.74) is 7.73. The van der Waals surface area contributed by atoms with Gasteiger partial charge in [0.25, 0.3) is 0 Å². The first-order valence-corrected chi connectivity index (χ1v) is 10.2. The molecule has 3 aromatic rings. The Morgan fingerprint density at radius 2 is 1.87 bits per heavy atom. The third kappa shape index (κ3) is 6.05. The normalized spacial score (nSPS) is 10.9. The van der Waals surface area contributed by atoms with E-state index in [1.54, 1.807) is 11.7 Å². The number of benzene rings is 1. The highest BCUT2D eigenvalue weighted by Gasteiger charge is 2.21. The summed E-state index contributed by atoms with van der Waals surface area (Å²) in [5, 5.41) is 0. The number of hydrogen-bond donors (Lipinski definition) is 1. The van der Waals surface area contributed by atoms with Gasteiger partial charge in [0.2, 0.25) is 0 Å². The molecular weight excluding hydrogens is 402 g/mol. The van der Waals surface area contributed by atoms with Crippen LogP contribution in [0.25, 0.3) is 11.2 Å². The van der Waals surface area contributed by atoms with Crippen LogP contribution in [0.4, 0.5) is 10.6 Å². The quantitative estimate of drug-likeness (QED) is 0.361. The molecule has 0 radical (unpaired) electrons. The van der Waals surface area contributed by atoms with Crippen LogP contribution >= 0.6 is 0 Å². The molecule has 2 N–H and O–H groups in total. The second-order valence-electron chi connectivity index (χ2n) is 6.78. The van der Waals surface area contributed by atoms with Crippen molar-refractivity contribution in [3.8, 4) is 12.0 Å². The Kier molecular flexibility index (Phi) is 7.99. The van der Waals surface area contributed by atoms with Crippen molar-refractivity contribution in [2.45, 2.75) is 32.7 Å². The lowest BCUT2D eigenvalue weighted by Gasteiger charge is -2.10.